The van der Waals surface area contributed by atoms with E-state index < -0.39 is 10.0 Å². The highest BCUT2D eigenvalue weighted by Crippen LogP contribution is 2.22. The fraction of sp³-hybridized carbons (Fsp3) is 0.409. The van der Waals surface area contributed by atoms with Gasteiger partial charge in [-0.1, -0.05) is 6.42 Å². The van der Waals surface area contributed by atoms with Crippen molar-refractivity contribution in [3.05, 3.63) is 54.9 Å². The van der Waals surface area contributed by atoms with Gasteiger partial charge in [-0.2, -0.15) is 9.40 Å². The van der Waals surface area contributed by atoms with E-state index in [2.05, 4.69) is 25.0 Å². The van der Waals surface area contributed by atoms with E-state index in [1.54, 1.807) is 40.2 Å². The van der Waals surface area contributed by atoms with E-state index in [0.717, 1.165) is 25.1 Å². The molecule has 0 unspecified atom stereocenters. The first-order valence-electron chi connectivity index (χ1n) is 11.3. The Balaban J connectivity index is 1.22. The number of benzene rings is 1. The van der Waals surface area contributed by atoms with Gasteiger partial charge in [0.05, 0.1) is 4.90 Å². The van der Waals surface area contributed by atoms with Gasteiger partial charge in [0, 0.05) is 50.9 Å². The van der Waals surface area contributed by atoms with E-state index >= 15 is 0 Å². The summed E-state index contributed by atoms with van der Waals surface area (Å²) in [6.45, 7) is 3.44. The molecule has 0 atom stereocenters. The van der Waals surface area contributed by atoms with Gasteiger partial charge in [0.15, 0.2) is 5.82 Å². The molecular weight excluding hydrogens is 456 g/mol. The summed E-state index contributed by atoms with van der Waals surface area (Å²) in [5.74, 6) is 1.29. The van der Waals surface area contributed by atoms with Crippen molar-refractivity contribution in [3.63, 3.8) is 0 Å². The Kier molecular flexibility index (Phi) is 6.24. The lowest BCUT2D eigenvalue weighted by Crippen LogP contribution is -2.49. The van der Waals surface area contributed by atoms with E-state index in [1.165, 1.54) is 17.0 Å². The second kappa shape index (κ2) is 9.47. The smallest absolute Gasteiger partial charge is 0.253 e. The number of anilines is 1. The molecule has 2 fully saturated rings. The van der Waals surface area contributed by atoms with E-state index in [1.807, 2.05) is 6.07 Å². The summed E-state index contributed by atoms with van der Waals surface area (Å²) in [5, 5.41) is 4.09. The first-order valence-corrected chi connectivity index (χ1v) is 12.8. The maximum absolute atomic E-state index is 13.0. The van der Waals surface area contributed by atoms with Crippen LogP contribution in [0.1, 0.15) is 29.6 Å². The third-order valence-electron chi connectivity index (χ3n) is 6.24. The number of hydrogen-bond donors (Lipinski definition) is 0. The van der Waals surface area contributed by atoms with Crippen LogP contribution in [0.3, 0.4) is 0 Å². The summed E-state index contributed by atoms with van der Waals surface area (Å²) in [4.78, 5) is 29.7. The molecule has 0 saturated carbocycles. The fourth-order valence-corrected chi connectivity index (χ4v) is 5.82. The molecule has 178 valence electrons. The van der Waals surface area contributed by atoms with Crippen LogP contribution in [-0.4, -0.2) is 87.5 Å². The minimum absolute atomic E-state index is 0.104. The Hall–Kier alpha value is -3.38. The second-order valence-electron chi connectivity index (χ2n) is 8.34. The summed E-state index contributed by atoms with van der Waals surface area (Å²) in [7, 11) is -3.51. The quantitative estimate of drug-likeness (QED) is 0.532. The van der Waals surface area contributed by atoms with Gasteiger partial charge >= 0.3 is 0 Å². The standard InChI is InChI=1S/C22H26N8O3S/c31-22(18-4-6-19(7-5-18)34(32,33)29-8-2-1-3-9-29)28-12-10-27(11-13-28)20-14-21(25-16-24-20)30-17-23-15-26-30/h4-7,14-17H,1-3,8-13H2. The number of nitrogens with zero attached hydrogens (tertiary/aromatic N) is 8. The molecule has 4 heterocycles. The zero-order chi connectivity index (χ0) is 23.5. The van der Waals surface area contributed by atoms with Crippen LogP contribution >= 0.6 is 0 Å². The molecule has 3 aromatic rings. The number of hydrogen-bond acceptors (Lipinski definition) is 8. The molecule has 1 aromatic carbocycles. The summed E-state index contributed by atoms with van der Waals surface area (Å²) in [5.41, 5.74) is 0.488. The molecule has 2 aliphatic rings. The Morgan fingerprint density at radius 1 is 0.824 bits per heavy atom. The highest BCUT2D eigenvalue weighted by molar-refractivity contribution is 7.89. The molecule has 0 bridgehead atoms. The summed E-state index contributed by atoms with van der Waals surface area (Å²) in [6, 6.07) is 8.15. The number of carbonyl (C=O) groups excluding carboxylic acids is 1. The van der Waals surface area contributed by atoms with Gasteiger partial charge in [-0.15, -0.1) is 0 Å². The zero-order valence-corrected chi connectivity index (χ0v) is 19.5. The van der Waals surface area contributed by atoms with Crippen molar-refractivity contribution in [3.8, 4) is 5.82 Å². The minimum Gasteiger partial charge on any atom is -0.353 e. The number of rotatable bonds is 5. The highest BCUT2D eigenvalue weighted by atomic mass is 32.2. The van der Waals surface area contributed by atoms with Gasteiger partial charge in [-0.3, -0.25) is 4.79 Å². The predicted octanol–water partition coefficient (Wildman–Crippen LogP) is 1.19. The monoisotopic (exact) mass is 482 g/mol. The molecule has 0 aliphatic carbocycles. The van der Waals surface area contributed by atoms with Crippen LogP contribution in [0.2, 0.25) is 0 Å². The van der Waals surface area contributed by atoms with Crippen LogP contribution in [0.5, 0.6) is 0 Å². The summed E-state index contributed by atoms with van der Waals surface area (Å²) < 4.78 is 28.8. The van der Waals surface area contributed by atoms with Gasteiger partial charge in [0.1, 0.15) is 24.8 Å². The van der Waals surface area contributed by atoms with Crippen LogP contribution in [0.15, 0.2) is 54.2 Å². The topological polar surface area (TPSA) is 117 Å². The molecule has 1 amide bonds. The Labute approximate surface area is 198 Å². The van der Waals surface area contributed by atoms with Crippen molar-refractivity contribution in [2.75, 3.05) is 44.2 Å². The third kappa shape index (κ3) is 4.50. The van der Waals surface area contributed by atoms with Crippen molar-refractivity contribution >= 4 is 21.7 Å². The Morgan fingerprint density at radius 3 is 2.21 bits per heavy atom. The number of sulfonamides is 1. The number of aromatic nitrogens is 5. The first kappa shape index (κ1) is 22.4. The van der Waals surface area contributed by atoms with Gasteiger partial charge in [0.2, 0.25) is 10.0 Å². The van der Waals surface area contributed by atoms with Crippen LogP contribution < -0.4 is 4.90 Å². The van der Waals surface area contributed by atoms with Crippen molar-refractivity contribution in [1.82, 2.24) is 33.9 Å². The molecule has 0 spiro atoms. The molecule has 0 radical (unpaired) electrons. The van der Waals surface area contributed by atoms with Crippen molar-refractivity contribution in [2.45, 2.75) is 24.2 Å². The molecule has 2 aliphatic heterocycles. The summed E-state index contributed by atoms with van der Waals surface area (Å²) in [6.07, 6.45) is 7.35. The summed E-state index contributed by atoms with van der Waals surface area (Å²) >= 11 is 0. The molecular formula is C22H26N8O3S. The van der Waals surface area contributed by atoms with E-state index in [4.69, 9.17) is 0 Å². The molecule has 34 heavy (non-hydrogen) atoms. The second-order valence-corrected chi connectivity index (χ2v) is 10.3. The molecule has 12 heteroatoms. The zero-order valence-electron chi connectivity index (χ0n) is 18.7. The molecule has 2 aromatic heterocycles. The van der Waals surface area contributed by atoms with Crippen LogP contribution in [-0.2, 0) is 10.0 Å². The average Bonchev–Trinajstić information content (AvgIpc) is 3.44. The average molecular weight is 483 g/mol. The number of piperidine rings is 1. The van der Waals surface area contributed by atoms with E-state index in [9.17, 15) is 13.2 Å². The van der Waals surface area contributed by atoms with Crippen LogP contribution in [0.25, 0.3) is 5.82 Å². The maximum atomic E-state index is 13.0. The number of carbonyl (C=O) groups is 1. The third-order valence-corrected chi connectivity index (χ3v) is 8.15. The fourth-order valence-electron chi connectivity index (χ4n) is 4.31. The van der Waals surface area contributed by atoms with Gasteiger partial charge in [-0.25, -0.2) is 28.1 Å². The lowest BCUT2D eigenvalue weighted by atomic mass is 10.2. The normalized spacial score (nSPS) is 17.6. The van der Waals surface area contributed by atoms with Crippen LogP contribution in [0.4, 0.5) is 5.82 Å². The molecule has 2 saturated heterocycles. The van der Waals surface area contributed by atoms with Gasteiger partial charge in [0.25, 0.3) is 5.91 Å². The van der Waals surface area contributed by atoms with Crippen molar-refractivity contribution in [2.24, 2.45) is 0 Å². The Bertz CT molecular complexity index is 1230. The lowest BCUT2D eigenvalue weighted by Gasteiger charge is -2.35. The van der Waals surface area contributed by atoms with E-state index in [0.29, 0.717) is 50.6 Å². The first-order chi connectivity index (χ1) is 16.5. The Morgan fingerprint density at radius 2 is 1.53 bits per heavy atom. The predicted molar refractivity (Wildman–Crippen MR) is 124 cm³/mol. The van der Waals surface area contributed by atoms with Gasteiger partial charge in [-0.05, 0) is 37.1 Å². The maximum Gasteiger partial charge on any atom is 0.253 e. The van der Waals surface area contributed by atoms with E-state index in [-0.39, 0.29) is 10.8 Å². The molecule has 0 N–H and O–H groups in total. The van der Waals surface area contributed by atoms with Crippen molar-refractivity contribution < 1.29 is 13.2 Å². The largest absolute Gasteiger partial charge is 0.353 e. The van der Waals surface area contributed by atoms with Gasteiger partial charge < -0.3 is 9.80 Å². The SMILES string of the molecule is O=C(c1ccc(S(=O)(=O)N2CCCCC2)cc1)N1CCN(c2cc(-n3cncn3)ncn2)CC1. The highest BCUT2D eigenvalue weighted by Gasteiger charge is 2.27. The van der Waals surface area contributed by atoms with Crippen LogP contribution in [0, 0.1) is 0 Å². The number of amides is 1. The molecule has 5 rings (SSSR count). The number of piperazine rings is 1. The molecule has 11 nitrogen and oxygen atoms in total. The van der Waals surface area contributed by atoms with Crippen molar-refractivity contribution in [1.29, 1.82) is 0 Å². The minimum atomic E-state index is -3.51. The lowest BCUT2D eigenvalue weighted by molar-refractivity contribution is 0.0746.